The Morgan fingerprint density at radius 3 is 3.00 bits per heavy atom. The van der Waals surface area contributed by atoms with Crippen LogP contribution >= 0.6 is 11.8 Å². The number of ether oxygens (including phenoxy) is 1. The SMILES string of the molecule is CCC(CC1CC1)NC1=NC(CCOC)CS1. The van der Waals surface area contributed by atoms with Crippen LogP contribution in [0.3, 0.4) is 0 Å². The zero-order valence-electron chi connectivity index (χ0n) is 10.9. The molecule has 1 heterocycles. The molecule has 0 aromatic carbocycles. The number of rotatable bonds is 7. The van der Waals surface area contributed by atoms with Crippen molar-refractivity contribution >= 4 is 16.9 Å². The molecule has 1 aliphatic heterocycles. The minimum Gasteiger partial charge on any atom is -0.385 e. The normalized spacial score (nSPS) is 25.8. The summed E-state index contributed by atoms with van der Waals surface area (Å²) in [4.78, 5) is 4.73. The van der Waals surface area contributed by atoms with Crippen molar-refractivity contribution in [2.75, 3.05) is 19.5 Å². The van der Waals surface area contributed by atoms with Crippen molar-refractivity contribution in [2.45, 2.75) is 51.1 Å². The molecule has 2 unspecified atom stereocenters. The van der Waals surface area contributed by atoms with Crippen molar-refractivity contribution in [1.82, 2.24) is 5.32 Å². The third-order valence-corrected chi connectivity index (χ3v) is 4.55. The summed E-state index contributed by atoms with van der Waals surface area (Å²) < 4.78 is 5.10. The molecule has 98 valence electrons. The van der Waals surface area contributed by atoms with Crippen LogP contribution in [-0.2, 0) is 4.74 Å². The standard InChI is InChI=1S/C13H24N2OS/c1-3-11(8-10-4-5-10)14-13-15-12(9-17-13)6-7-16-2/h10-12H,3-9H2,1-2H3,(H,14,15). The number of hydrogen-bond donors (Lipinski definition) is 1. The maximum atomic E-state index is 5.10. The fourth-order valence-electron chi connectivity index (χ4n) is 2.15. The summed E-state index contributed by atoms with van der Waals surface area (Å²) in [5.41, 5.74) is 0. The van der Waals surface area contributed by atoms with Crippen LogP contribution in [-0.4, -0.2) is 36.7 Å². The Hall–Kier alpha value is -0.220. The highest BCUT2D eigenvalue weighted by Crippen LogP contribution is 2.34. The lowest BCUT2D eigenvalue weighted by Crippen LogP contribution is -2.32. The van der Waals surface area contributed by atoms with E-state index >= 15 is 0 Å². The maximum Gasteiger partial charge on any atom is 0.157 e. The molecule has 3 nitrogen and oxygen atoms in total. The van der Waals surface area contributed by atoms with Crippen LogP contribution in [0.4, 0.5) is 0 Å². The van der Waals surface area contributed by atoms with Crippen LogP contribution < -0.4 is 5.32 Å². The van der Waals surface area contributed by atoms with E-state index in [0.717, 1.165) is 24.7 Å². The van der Waals surface area contributed by atoms with Crippen molar-refractivity contribution < 1.29 is 4.74 Å². The van der Waals surface area contributed by atoms with Crippen molar-refractivity contribution in [1.29, 1.82) is 0 Å². The number of nitrogens with one attached hydrogen (secondary N) is 1. The van der Waals surface area contributed by atoms with E-state index in [1.165, 1.54) is 30.9 Å². The molecular weight excluding hydrogens is 232 g/mol. The molecule has 1 fully saturated rings. The highest BCUT2D eigenvalue weighted by atomic mass is 32.2. The predicted octanol–water partition coefficient (Wildman–Crippen LogP) is 2.66. The van der Waals surface area contributed by atoms with Gasteiger partial charge >= 0.3 is 0 Å². The van der Waals surface area contributed by atoms with Crippen LogP contribution in [0.2, 0.25) is 0 Å². The molecule has 2 atom stereocenters. The average Bonchev–Trinajstić information content (AvgIpc) is 3.04. The number of amidine groups is 1. The van der Waals surface area contributed by atoms with Crippen molar-refractivity contribution in [3.63, 3.8) is 0 Å². The number of hydrogen-bond acceptors (Lipinski definition) is 4. The summed E-state index contributed by atoms with van der Waals surface area (Å²) in [5, 5.41) is 4.78. The predicted molar refractivity (Wildman–Crippen MR) is 74.7 cm³/mol. The van der Waals surface area contributed by atoms with Gasteiger partial charge in [0.2, 0.25) is 0 Å². The Kier molecular flexibility index (Phi) is 5.16. The van der Waals surface area contributed by atoms with Gasteiger partial charge in [0.25, 0.3) is 0 Å². The molecule has 0 bridgehead atoms. The lowest BCUT2D eigenvalue weighted by Gasteiger charge is -2.17. The second-order valence-electron chi connectivity index (χ2n) is 5.11. The smallest absolute Gasteiger partial charge is 0.157 e. The summed E-state index contributed by atoms with van der Waals surface area (Å²) in [7, 11) is 1.76. The van der Waals surface area contributed by atoms with E-state index in [9.17, 15) is 0 Å². The molecule has 0 amide bonds. The van der Waals surface area contributed by atoms with Crippen molar-refractivity contribution in [3.05, 3.63) is 0 Å². The van der Waals surface area contributed by atoms with E-state index in [4.69, 9.17) is 9.73 Å². The van der Waals surface area contributed by atoms with Crippen LogP contribution in [0.5, 0.6) is 0 Å². The fourth-order valence-corrected chi connectivity index (χ4v) is 3.22. The summed E-state index contributed by atoms with van der Waals surface area (Å²) in [5.74, 6) is 2.11. The molecular formula is C13H24N2OS. The third kappa shape index (κ3) is 4.51. The summed E-state index contributed by atoms with van der Waals surface area (Å²) in [6.07, 6.45) is 6.47. The van der Waals surface area contributed by atoms with E-state index in [2.05, 4.69) is 12.2 Å². The second-order valence-corrected chi connectivity index (χ2v) is 6.12. The summed E-state index contributed by atoms with van der Waals surface area (Å²) >= 11 is 1.88. The Balaban J connectivity index is 1.73. The molecule has 17 heavy (non-hydrogen) atoms. The van der Waals surface area contributed by atoms with Gasteiger partial charge in [0, 0.05) is 25.5 Å². The Morgan fingerprint density at radius 2 is 2.35 bits per heavy atom. The highest BCUT2D eigenvalue weighted by molar-refractivity contribution is 8.14. The zero-order chi connectivity index (χ0) is 12.1. The Labute approximate surface area is 109 Å². The maximum absolute atomic E-state index is 5.10. The monoisotopic (exact) mass is 256 g/mol. The minimum absolute atomic E-state index is 0.459. The topological polar surface area (TPSA) is 33.6 Å². The first kappa shape index (κ1) is 13.2. The van der Waals surface area contributed by atoms with Crippen LogP contribution in [0.25, 0.3) is 0 Å². The quantitative estimate of drug-likeness (QED) is 0.760. The average molecular weight is 256 g/mol. The largest absolute Gasteiger partial charge is 0.385 e. The summed E-state index contributed by atoms with van der Waals surface area (Å²) in [6, 6.07) is 1.09. The van der Waals surface area contributed by atoms with Gasteiger partial charge in [-0.3, -0.25) is 4.99 Å². The number of thioether (sulfide) groups is 1. The molecule has 2 rings (SSSR count). The number of methoxy groups -OCH3 is 1. The van der Waals surface area contributed by atoms with Gasteiger partial charge in [-0.2, -0.15) is 0 Å². The molecule has 1 saturated carbocycles. The van der Waals surface area contributed by atoms with Crippen molar-refractivity contribution in [2.24, 2.45) is 10.9 Å². The molecule has 0 aromatic rings. The molecule has 0 radical (unpaired) electrons. The van der Waals surface area contributed by atoms with E-state index in [0.29, 0.717) is 12.1 Å². The van der Waals surface area contributed by atoms with Gasteiger partial charge in [-0.05, 0) is 25.2 Å². The van der Waals surface area contributed by atoms with Gasteiger partial charge in [0.05, 0.1) is 6.04 Å². The molecule has 0 saturated heterocycles. The molecule has 1 aliphatic carbocycles. The third-order valence-electron chi connectivity index (χ3n) is 3.50. The van der Waals surface area contributed by atoms with E-state index in [-0.39, 0.29) is 0 Å². The lowest BCUT2D eigenvalue weighted by molar-refractivity contribution is 0.190. The number of nitrogens with zero attached hydrogens (tertiary/aromatic N) is 1. The fraction of sp³-hybridized carbons (Fsp3) is 0.923. The molecule has 4 heteroatoms. The van der Waals surface area contributed by atoms with Gasteiger partial charge in [0.1, 0.15) is 0 Å². The van der Waals surface area contributed by atoms with Gasteiger partial charge in [-0.25, -0.2) is 0 Å². The summed E-state index contributed by atoms with van der Waals surface area (Å²) in [6.45, 7) is 3.09. The number of aliphatic imine (C=N–C) groups is 1. The van der Waals surface area contributed by atoms with Gasteiger partial charge in [-0.1, -0.05) is 31.5 Å². The van der Waals surface area contributed by atoms with E-state index in [1.807, 2.05) is 11.8 Å². The lowest BCUT2D eigenvalue weighted by atomic mass is 10.1. The van der Waals surface area contributed by atoms with Gasteiger partial charge < -0.3 is 10.1 Å². The molecule has 0 aromatic heterocycles. The molecule has 1 N–H and O–H groups in total. The second kappa shape index (κ2) is 6.64. The highest BCUT2D eigenvalue weighted by Gasteiger charge is 2.26. The first-order valence-electron chi connectivity index (χ1n) is 6.78. The van der Waals surface area contributed by atoms with Crippen LogP contribution in [0, 0.1) is 5.92 Å². The van der Waals surface area contributed by atoms with Crippen LogP contribution in [0.1, 0.15) is 39.0 Å². The van der Waals surface area contributed by atoms with Gasteiger partial charge in [0.15, 0.2) is 5.17 Å². The Bertz CT molecular complexity index is 266. The Morgan fingerprint density at radius 1 is 1.53 bits per heavy atom. The van der Waals surface area contributed by atoms with Crippen molar-refractivity contribution in [3.8, 4) is 0 Å². The first-order valence-corrected chi connectivity index (χ1v) is 7.76. The first-order chi connectivity index (χ1) is 8.31. The van der Waals surface area contributed by atoms with Crippen LogP contribution in [0.15, 0.2) is 4.99 Å². The zero-order valence-corrected chi connectivity index (χ0v) is 11.8. The molecule has 0 spiro atoms. The minimum atomic E-state index is 0.459. The van der Waals surface area contributed by atoms with Gasteiger partial charge in [-0.15, -0.1) is 0 Å². The van der Waals surface area contributed by atoms with E-state index < -0.39 is 0 Å². The molecule has 2 aliphatic rings. The van der Waals surface area contributed by atoms with E-state index in [1.54, 1.807) is 7.11 Å².